The molecule has 0 aliphatic rings. The van der Waals surface area contributed by atoms with Gasteiger partial charge in [-0.15, -0.1) is 0 Å². The topological polar surface area (TPSA) is 26.0 Å². The molecule has 1 unspecified atom stereocenters. The third-order valence-electron chi connectivity index (χ3n) is 2.44. The molecule has 2 nitrogen and oxygen atoms in total. The van der Waals surface area contributed by atoms with E-state index in [0.717, 1.165) is 11.3 Å². The quantitative estimate of drug-likeness (QED) is 0.780. The van der Waals surface area contributed by atoms with Gasteiger partial charge in [0.1, 0.15) is 0 Å². The van der Waals surface area contributed by atoms with E-state index in [1.165, 1.54) is 17.5 Å². The number of aromatic nitrogens is 1. The lowest BCUT2D eigenvalue weighted by Crippen LogP contribution is -1.89. The first-order chi connectivity index (χ1) is 7.18. The Kier molecular flexibility index (Phi) is 2.82. The summed E-state index contributed by atoms with van der Waals surface area (Å²) in [4.78, 5) is 3.90. The van der Waals surface area contributed by atoms with Gasteiger partial charge in [-0.05, 0) is 31.0 Å². The van der Waals surface area contributed by atoms with Gasteiger partial charge in [0.25, 0.3) is 0 Å². The van der Waals surface area contributed by atoms with Crippen molar-refractivity contribution in [2.45, 2.75) is 19.1 Å². The van der Waals surface area contributed by atoms with Crippen LogP contribution in [0.2, 0.25) is 0 Å². The molecule has 2 rings (SSSR count). The molecule has 0 saturated heterocycles. The van der Waals surface area contributed by atoms with Crippen molar-refractivity contribution in [3.63, 3.8) is 0 Å². The Hall–Kier alpha value is -1.22. The highest BCUT2D eigenvalue weighted by Crippen LogP contribution is 2.27. The van der Waals surface area contributed by atoms with Crippen LogP contribution < -0.4 is 0 Å². The second-order valence-electron chi connectivity index (χ2n) is 3.61. The lowest BCUT2D eigenvalue weighted by atomic mass is 10.0. The molecule has 0 amide bonds. The van der Waals surface area contributed by atoms with Crippen LogP contribution >= 0.6 is 12.6 Å². The summed E-state index contributed by atoms with van der Waals surface area (Å²) in [7, 11) is 0. The number of nitrogens with zero attached hydrogens (tertiary/aromatic N) is 1. The van der Waals surface area contributed by atoms with Crippen molar-refractivity contribution >= 4 is 12.6 Å². The van der Waals surface area contributed by atoms with E-state index in [4.69, 9.17) is 4.42 Å². The third kappa shape index (κ3) is 2.07. The lowest BCUT2D eigenvalue weighted by molar-refractivity contribution is 0.572. The first-order valence-corrected chi connectivity index (χ1v) is 5.37. The minimum absolute atomic E-state index is 0.258. The summed E-state index contributed by atoms with van der Waals surface area (Å²) in [6.45, 7) is 4.15. The van der Waals surface area contributed by atoms with Crippen LogP contribution in [0.15, 0.2) is 35.2 Å². The van der Waals surface area contributed by atoms with E-state index in [1.54, 1.807) is 6.20 Å². The second kappa shape index (κ2) is 4.11. The van der Waals surface area contributed by atoms with E-state index < -0.39 is 0 Å². The lowest BCUT2D eigenvalue weighted by Gasteiger charge is -2.09. The Labute approximate surface area is 94.8 Å². The van der Waals surface area contributed by atoms with Crippen molar-refractivity contribution in [3.05, 3.63) is 41.9 Å². The van der Waals surface area contributed by atoms with Crippen molar-refractivity contribution in [2.75, 3.05) is 0 Å². The van der Waals surface area contributed by atoms with Crippen molar-refractivity contribution in [2.24, 2.45) is 0 Å². The molecule has 0 spiro atoms. The summed E-state index contributed by atoms with van der Waals surface area (Å²) < 4.78 is 5.24. The van der Waals surface area contributed by atoms with E-state index in [1.807, 2.05) is 6.07 Å². The van der Waals surface area contributed by atoms with Crippen LogP contribution in [0.4, 0.5) is 0 Å². The highest BCUT2D eigenvalue weighted by Gasteiger charge is 2.07. The fourth-order valence-corrected chi connectivity index (χ4v) is 1.95. The van der Waals surface area contributed by atoms with Crippen LogP contribution in [0.3, 0.4) is 0 Å². The zero-order chi connectivity index (χ0) is 10.8. The Bertz CT molecular complexity index is 449. The Morgan fingerprint density at radius 3 is 2.73 bits per heavy atom. The molecular formula is C12H13NOS. The molecule has 0 saturated carbocycles. The van der Waals surface area contributed by atoms with Gasteiger partial charge in [-0.1, -0.05) is 12.1 Å². The third-order valence-corrected chi connectivity index (χ3v) is 2.71. The molecule has 1 atom stereocenters. The molecule has 0 aliphatic heterocycles. The first-order valence-electron chi connectivity index (χ1n) is 4.86. The molecule has 1 aromatic heterocycles. The monoisotopic (exact) mass is 219 g/mol. The SMILES string of the molecule is Cc1cc(-c2cnco2)ccc1C(C)S. The zero-order valence-electron chi connectivity index (χ0n) is 8.77. The molecule has 3 heteroatoms. The molecular weight excluding hydrogens is 206 g/mol. The maximum atomic E-state index is 5.24. The number of oxazole rings is 1. The van der Waals surface area contributed by atoms with Gasteiger partial charge in [0.2, 0.25) is 0 Å². The number of thiol groups is 1. The van der Waals surface area contributed by atoms with E-state index in [0.29, 0.717) is 0 Å². The Morgan fingerprint density at radius 2 is 2.20 bits per heavy atom. The maximum absolute atomic E-state index is 5.24. The minimum Gasteiger partial charge on any atom is -0.444 e. The van der Waals surface area contributed by atoms with Gasteiger partial charge in [0.05, 0.1) is 6.20 Å². The highest BCUT2D eigenvalue weighted by atomic mass is 32.1. The molecule has 1 heterocycles. The molecule has 0 fully saturated rings. The van der Waals surface area contributed by atoms with E-state index in [9.17, 15) is 0 Å². The van der Waals surface area contributed by atoms with Crippen molar-refractivity contribution < 1.29 is 4.42 Å². The molecule has 1 aromatic carbocycles. The molecule has 78 valence electrons. The van der Waals surface area contributed by atoms with Crippen molar-refractivity contribution in [3.8, 4) is 11.3 Å². The van der Waals surface area contributed by atoms with Gasteiger partial charge >= 0.3 is 0 Å². The van der Waals surface area contributed by atoms with Crippen LogP contribution in [0.25, 0.3) is 11.3 Å². The minimum atomic E-state index is 0.258. The van der Waals surface area contributed by atoms with E-state index in [2.05, 4.69) is 43.6 Å². The maximum Gasteiger partial charge on any atom is 0.181 e. The predicted octanol–water partition coefficient (Wildman–Crippen LogP) is 3.64. The number of aryl methyl sites for hydroxylation is 1. The summed E-state index contributed by atoms with van der Waals surface area (Å²) in [6.07, 6.45) is 3.17. The highest BCUT2D eigenvalue weighted by molar-refractivity contribution is 7.80. The van der Waals surface area contributed by atoms with Crippen molar-refractivity contribution in [1.29, 1.82) is 0 Å². The first kappa shape index (κ1) is 10.3. The van der Waals surface area contributed by atoms with E-state index in [-0.39, 0.29) is 5.25 Å². The van der Waals surface area contributed by atoms with Crippen LogP contribution in [0.1, 0.15) is 23.3 Å². The van der Waals surface area contributed by atoms with Gasteiger partial charge in [-0.3, -0.25) is 0 Å². The summed E-state index contributed by atoms with van der Waals surface area (Å²) in [5.74, 6) is 0.802. The number of hydrogen-bond donors (Lipinski definition) is 1. The van der Waals surface area contributed by atoms with Gasteiger partial charge in [-0.25, -0.2) is 4.98 Å². The second-order valence-corrected chi connectivity index (χ2v) is 4.39. The Balaban J connectivity index is 2.42. The summed E-state index contributed by atoms with van der Waals surface area (Å²) in [5.41, 5.74) is 3.54. The standard InChI is InChI=1S/C12H13NOS/c1-8-5-10(12-6-13-7-14-12)3-4-11(8)9(2)15/h3-7,9,15H,1-2H3. The van der Waals surface area contributed by atoms with Gasteiger partial charge in [-0.2, -0.15) is 12.6 Å². The molecule has 0 aliphatic carbocycles. The van der Waals surface area contributed by atoms with Gasteiger partial charge in [0.15, 0.2) is 12.2 Å². The number of rotatable bonds is 2. The normalized spacial score (nSPS) is 12.7. The van der Waals surface area contributed by atoms with Crippen LogP contribution in [0, 0.1) is 6.92 Å². The number of hydrogen-bond acceptors (Lipinski definition) is 3. The van der Waals surface area contributed by atoms with Crippen LogP contribution in [-0.4, -0.2) is 4.98 Å². The van der Waals surface area contributed by atoms with Gasteiger partial charge < -0.3 is 4.42 Å². The van der Waals surface area contributed by atoms with Crippen LogP contribution in [0.5, 0.6) is 0 Å². The fraction of sp³-hybridized carbons (Fsp3) is 0.250. The molecule has 2 aromatic rings. The summed E-state index contributed by atoms with van der Waals surface area (Å²) in [5, 5.41) is 0.258. The average molecular weight is 219 g/mol. The summed E-state index contributed by atoms with van der Waals surface area (Å²) >= 11 is 4.43. The largest absolute Gasteiger partial charge is 0.444 e. The summed E-state index contributed by atoms with van der Waals surface area (Å²) in [6, 6.07) is 6.23. The van der Waals surface area contributed by atoms with Crippen LogP contribution in [-0.2, 0) is 0 Å². The average Bonchev–Trinajstić information content (AvgIpc) is 2.69. The smallest absolute Gasteiger partial charge is 0.181 e. The van der Waals surface area contributed by atoms with Gasteiger partial charge in [0, 0.05) is 10.8 Å². The predicted molar refractivity (Wildman–Crippen MR) is 64.1 cm³/mol. The molecule has 0 bridgehead atoms. The zero-order valence-corrected chi connectivity index (χ0v) is 9.66. The molecule has 0 N–H and O–H groups in total. The number of benzene rings is 1. The fourth-order valence-electron chi connectivity index (χ4n) is 1.66. The Morgan fingerprint density at radius 1 is 1.40 bits per heavy atom. The van der Waals surface area contributed by atoms with Crippen molar-refractivity contribution in [1.82, 2.24) is 4.98 Å². The van der Waals surface area contributed by atoms with E-state index >= 15 is 0 Å². The molecule has 15 heavy (non-hydrogen) atoms. The molecule has 0 radical (unpaired) electrons.